The van der Waals surface area contributed by atoms with Gasteiger partial charge in [0, 0.05) is 6.92 Å². The third-order valence-electron chi connectivity index (χ3n) is 3.87. The maximum atomic E-state index is 11.4. The van der Waals surface area contributed by atoms with E-state index in [0.29, 0.717) is 11.5 Å². The van der Waals surface area contributed by atoms with E-state index in [-0.39, 0.29) is 18.3 Å². The van der Waals surface area contributed by atoms with Gasteiger partial charge in [-0.25, -0.2) is 4.79 Å². The van der Waals surface area contributed by atoms with E-state index in [9.17, 15) is 9.90 Å². The first kappa shape index (κ1) is 19.2. The van der Waals surface area contributed by atoms with Crippen LogP contribution in [0.3, 0.4) is 0 Å². The Morgan fingerprint density at radius 2 is 1.81 bits per heavy atom. The Bertz CT molecular complexity index is 797. The number of oxime groups is 1. The van der Waals surface area contributed by atoms with Crippen LogP contribution in [0.25, 0.3) is 5.57 Å². The van der Waals surface area contributed by atoms with Crippen molar-refractivity contribution in [3.63, 3.8) is 0 Å². The Labute approximate surface area is 153 Å². The molecule has 0 aliphatic heterocycles. The molecule has 26 heavy (non-hydrogen) atoms. The highest BCUT2D eigenvalue weighted by Gasteiger charge is 2.13. The molecule has 0 fully saturated rings. The summed E-state index contributed by atoms with van der Waals surface area (Å²) in [4.78, 5) is 16.9. The smallest absolute Gasteiger partial charge is 0.335 e. The first-order valence-electron chi connectivity index (χ1n) is 8.39. The summed E-state index contributed by atoms with van der Waals surface area (Å²) in [6, 6.07) is 17.0. The van der Waals surface area contributed by atoms with Crippen LogP contribution in [0, 0.1) is 0 Å². The predicted octanol–water partition coefficient (Wildman–Crippen LogP) is 4.80. The Morgan fingerprint density at radius 1 is 1.15 bits per heavy atom. The van der Waals surface area contributed by atoms with Crippen LogP contribution < -0.4 is 0 Å². The molecular formula is C21H23NO4. The van der Waals surface area contributed by atoms with Gasteiger partial charge in [-0.1, -0.05) is 65.8 Å². The van der Waals surface area contributed by atoms with Crippen molar-refractivity contribution in [1.29, 1.82) is 0 Å². The standard InChI is InChI=1S/C21H23NO4/c1-4-19(21(23)24)20-13-9-8-12-18(20)14-25-16(3)22-26-15(2)17-10-6-5-7-11-17/h4-13,15H,14H2,1-3H3,(H,23,24)/b19-4+,22-16+. The van der Waals surface area contributed by atoms with E-state index in [1.54, 1.807) is 32.1 Å². The van der Waals surface area contributed by atoms with E-state index in [1.165, 1.54) is 0 Å². The van der Waals surface area contributed by atoms with Crippen LogP contribution in [-0.4, -0.2) is 17.0 Å². The molecule has 1 unspecified atom stereocenters. The molecule has 0 aliphatic rings. The van der Waals surface area contributed by atoms with E-state index in [1.807, 2.05) is 49.4 Å². The molecule has 2 rings (SSSR count). The Hall–Kier alpha value is -3.08. The van der Waals surface area contributed by atoms with Crippen molar-refractivity contribution in [2.24, 2.45) is 5.16 Å². The van der Waals surface area contributed by atoms with Crippen molar-refractivity contribution in [3.8, 4) is 0 Å². The summed E-state index contributed by atoms with van der Waals surface area (Å²) in [5.74, 6) is -0.592. The quantitative estimate of drug-likeness (QED) is 0.336. The van der Waals surface area contributed by atoms with Crippen molar-refractivity contribution < 1.29 is 19.5 Å². The molecule has 2 aromatic rings. The fourth-order valence-electron chi connectivity index (χ4n) is 2.45. The number of carbonyl (C=O) groups is 1. The Morgan fingerprint density at radius 3 is 2.46 bits per heavy atom. The van der Waals surface area contributed by atoms with Crippen molar-refractivity contribution in [2.45, 2.75) is 33.5 Å². The highest BCUT2D eigenvalue weighted by Crippen LogP contribution is 2.21. The lowest BCUT2D eigenvalue weighted by atomic mass is 10.00. The number of nitrogens with zero attached hydrogens (tertiary/aromatic N) is 1. The molecule has 0 saturated carbocycles. The van der Waals surface area contributed by atoms with Crippen LogP contribution in [0.4, 0.5) is 0 Å². The number of ether oxygens (including phenoxy) is 1. The molecule has 0 aromatic heterocycles. The second-order valence-electron chi connectivity index (χ2n) is 5.72. The largest absolute Gasteiger partial charge is 0.478 e. The Balaban J connectivity index is 2.01. The average molecular weight is 353 g/mol. The van der Waals surface area contributed by atoms with Crippen LogP contribution >= 0.6 is 0 Å². The van der Waals surface area contributed by atoms with Crippen molar-refractivity contribution >= 4 is 17.4 Å². The summed E-state index contributed by atoms with van der Waals surface area (Å²) in [5, 5.41) is 13.3. The fourth-order valence-corrected chi connectivity index (χ4v) is 2.45. The molecule has 1 N–H and O–H groups in total. The van der Waals surface area contributed by atoms with Crippen molar-refractivity contribution in [2.75, 3.05) is 0 Å². The van der Waals surface area contributed by atoms with Gasteiger partial charge in [-0.05, 0) is 30.5 Å². The molecule has 2 aromatic carbocycles. The molecule has 0 radical (unpaired) electrons. The highest BCUT2D eigenvalue weighted by atomic mass is 16.7. The predicted molar refractivity (Wildman–Crippen MR) is 102 cm³/mol. The monoisotopic (exact) mass is 353 g/mol. The van der Waals surface area contributed by atoms with Gasteiger partial charge in [-0.15, -0.1) is 0 Å². The molecule has 5 nitrogen and oxygen atoms in total. The molecule has 0 amide bonds. The minimum absolute atomic E-state index is 0.191. The number of benzene rings is 2. The zero-order valence-electron chi connectivity index (χ0n) is 15.2. The first-order chi connectivity index (χ1) is 12.5. The van der Waals surface area contributed by atoms with Gasteiger partial charge < -0.3 is 14.7 Å². The number of hydrogen-bond donors (Lipinski definition) is 1. The lowest BCUT2D eigenvalue weighted by Gasteiger charge is -2.13. The fraction of sp³-hybridized carbons (Fsp3) is 0.238. The molecule has 1 atom stereocenters. The average Bonchev–Trinajstić information content (AvgIpc) is 2.66. The maximum Gasteiger partial charge on any atom is 0.335 e. The zero-order valence-corrected chi connectivity index (χ0v) is 15.2. The van der Waals surface area contributed by atoms with Crippen LogP contribution in [0.5, 0.6) is 0 Å². The first-order valence-corrected chi connectivity index (χ1v) is 8.39. The van der Waals surface area contributed by atoms with Crippen molar-refractivity contribution in [3.05, 3.63) is 77.4 Å². The number of allylic oxidation sites excluding steroid dienone is 1. The minimum atomic E-state index is -0.967. The normalized spacial score (nSPS) is 13.2. The molecule has 0 aliphatic carbocycles. The molecule has 0 spiro atoms. The van der Waals surface area contributed by atoms with Gasteiger partial charge in [0.05, 0.1) is 5.57 Å². The summed E-state index contributed by atoms with van der Waals surface area (Å²) < 4.78 is 5.63. The van der Waals surface area contributed by atoms with Gasteiger partial charge >= 0.3 is 5.97 Å². The van der Waals surface area contributed by atoms with Gasteiger partial charge in [-0.2, -0.15) is 0 Å². The van der Waals surface area contributed by atoms with Gasteiger partial charge in [0.1, 0.15) is 12.7 Å². The summed E-state index contributed by atoms with van der Waals surface area (Å²) in [5.41, 5.74) is 2.67. The van der Waals surface area contributed by atoms with Crippen LogP contribution in [0.1, 0.15) is 43.6 Å². The van der Waals surface area contributed by atoms with Crippen LogP contribution in [-0.2, 0) is 21.0 Å². The summed E-state index contributed by atoms with van der Waals surface area (Å²) >= 11 is 0. The molecule has 136 valence electrons. The van der Waals surface area contributed by atoms with E-state index in [0.717, 1.165) is 11.1 Å². The third kappa shape index (κ3) is 5.21. The highest BCUT2D eigenvalue weighted by molar-refractivity contribution is 6.15. The zero-order chi connectivity index (χ0) is 18.9. The summed E-state index contributed by atoms with van der Waals surface area (Å²) in [6.07, 6.45) is 1.39. The topological polar surface area (TPSA) is 68.1 Å². The summed E-state index contributed by atoms with van der Waals surface area (Å²) in [6.45, 7) is 5.52. The second-order valence-corrected chi connectivity index (χ2v) is 5.72. The van der Waals surface area contributed by atoms with Gasteiger partial charge in [-0.3, -0.25) is 0 Å². The number of rotatable bonds is 7. The SMILES string of the molecule is C/C=C(/C(=O)O)c1ccccc1CO/C(C)=N/OC(C)c1ccccc1. The maximum absolute atomic E-state index is 11.4. The van der Waals surface area contributed by atoms with Crippen LogP contribution in [0.2, 0.25) is 0 Å². The van der Waals surface area contributed by atoms with Crippen LogP contribution in [0.15, 0.2) is 65.8 Å². The number of carboxylic acid groups (broad SMARTS) is 1. The van der Waals surface area contributed by atoms with Crippen molar-refractivity contribution in [1.82, 2.24) is 0 Å². The van der Waals surface area contributed by atoms with Gasteiger partial charge in [0.2, 0.25) is 5.90 Å². The van der Waals surface area contributed by atoms with E-state index in [4.69, 9.17) is 9.57 Å². The van der Waals surface area contributed by atoms with E-state index < -0.39 is 5.97 Å². The molecular weight excluding hydrogens is 330 g/mol. The third-order valence-corrected chi connectivity index (χ3v) is 3.87. The number of hydrogen-bond acceptors (Lipinski definition) is 4. The lowest BCUT2D eigenvalue weighted by Crippen LogP contribution is -2.07. The molecule has 0 saturated heterocycles. The van der Waals surface area contributed by atoms with Gasteiger partial charge in [0.15, 0.2) is 0 Å². The molecule has 5 heteroatoms. The molecule has 0 heterocycles. The lowest BCUT2D eigenvalue weighted by molar-refractivity contribution is -0.130. The Kier molecular flexibility index (Phi) is 6.97. The van der Waals surface area contributed by atoms with Gasteiger partial charge in [0.25, 0.3) is 0 Å². The van der Waals surface area contributed by atoms with E-state index >= 15 is 0 Å². The molecule has 0 bridgehead atoms. The minimum Gasteiger partial charge on any atom is -0.478 e. The summed E-state index contributed by atoms with van der Waals surface area (Å²) in [7, 11) is 0. The second kappa shape index (κ2) is 9.42. The number of aliphatic carboxylic acids is 1. The van der Waals surface area contributed by atoms with E-state index in [2.05, 4.69) is 5.16 Å². The number of carboxylic acids is 1.